The molecule has 1 aromatic carbocycles. The van der Waals surface area contributed by atoms with Gasteiger partial charge in [0.1, 0.15) is 5.67 Å². The Kier molecular flexibility index (Phi) is 7.05. The van der Waals surface area contributed by atoms with Crippen LogP contribution in [0.15, 0.2) is 36.7 Å². The Morgan fingerprint density at radius 2 is 1.83 bits per heavy atom. The summed E-state index contributed by atoms with van der Waals surface area (Å²) < 4.78 is 14.0. The van der Waals surface area contributed by atoms with Crippen LogP contribution in [0.2, 0.25) is 0 Å². The van der Waals surface area contributed by atoms with Crippen molar-refractivity contribution in [3.8, 4) is 0 Å². The second-order valence-corrected chi connectivity index (χ2v) is 3.92. The average Bonchev–Trinajstić information content (AvgIpc) is 2.37. The summed E-state index contributed by atoms with van der Waals surface area (Å²) in [5.74, 6) is 0. The van der Waals surface area contributed by atoms with Crippen molar-refractivity contribution in [1.29, 1.82) is 0 Å². The standard InChI is InChI=1S/C12H18FN3.C2H6/c1-12(2,13)10-6-4-5-7-11(10)16(15-3)9-8-14;1-2/h4-9,15H,14H2,1-3H3;1-2H3/b9-8-;. The quantitative estimate of drug-likeness (QED) is 0.809. The number of halogens is 1. The molecule has 0 spiro atoms. The number of para-hydroxylation sites is 1. The van der Waals surface area contributed by atoms with Gasteiger partial charge >= 0.3 is 0 Å². The zero-order chi connectivity index (χ0) is 14.2. The van der Waals surface area contributed by atoms with Crippen LogP contribution >= 0.6 is 0 Å². The molecule has 1 aromatic rings. The number of nitrogens with two attached hydrogens (primary N) is 1. The maximum atomic E-state index is 14.0. The molecule has 0 fully saturated rings. The SMILES string of the molecule is CC.CNN(/C=C\N)c1ccccc1C(C)(C)F. The van der Waals surface area contributed by atoms with Gasteiger partial charge in [0, 0.05) is 25.0 Å². The Balaban J connectivity index is 0.00000137. The first-order valence-electron chi connectivity index (χ1n) is 6.14. The van der Waals surface area contributed by atoms with Crippen LogP contribution in [0.25, 0.3) is 0 Å². The number of hydrogen-bond acceptors (Lipinski definition) is 3. The third-order valence-corrected chi connectivity index (χ3v) is 2.28. The largest absolute Gasteiger partial charge is 0.403 e. The van der Waals surface area contributed by atoms with Crippen molar-refractivity contribution < 1.29 is 4.39 Å². The fourth-order valence-corrected chi connectivity index (χ4v) is 1.55. The van der Waals surface area contributed by atoms with Gasteiger partial charge in [0.15, 0.2) is 0 Å². The minimum absolute atomic E-state index is 0.613. The van der Waals surface area contributed by atoms with Crippen LogP contribution in [-0.2, 0) is 5.67 Å². The number of hydrazine groups is 1. The van der Waals surface area contributed by atoms with Gasteiger partial charge < -0.3 is 5.73 Å². The Morgan fingerprint density at radius 3 is 2.28 bits per heavy atom. The molecule has 0 heterocycles. The van der Waals surface area contributed by atoms with E-state index in [0.29, 0.717) is 5.56 Å². The summed E-state index contributed by atoms with van der Waals surface area (Å²) in [6, 6.07) is 7.29. The van der Waals surface area contributed by atoms with Crippen LogP contribution in [0, 0.1) is 0 Å². The first-order valence-corrected chi connectivity index (χ1v) is 6.14. The lowest BCUT2D eigenvalue weighted by molar-refractivity contribution is 0.222. The van der Waals surface area contributed by atoms with E-state index in [1.807, 2.05) is 32.0 Å². The first-order chi connectivity index (χ1) is 8.50. The summed E-state index contributed by atoms with van der Waals surface area (Å²) in [6.07, 6.45) is 3.04. The van der Waals surface area contributed by atoms with Crippen LogP contribution in [0.1, 0.15) is 33.3 Å². The fraction of sp³-hybridized carbons (Fsp3) is 0.429. The van der Waals surface area contributed by atoms with Gasteiger partial charge in [-0.15, -0.1) is 0 Å². The van der Waals surface area contributed by atoms with E-state index in [-0.39, 0.29) is 0 Å². The highest BCUT2D eigenvalue weighted by Crippen LogP contribution is 2.32. The molecular formula is C14H24FN3. The van der Waals surface area contributed by atoms with Gasteiger partial charge in [0.2, 0.25) is 0 Å². The summed E-state index contributed by atoms with van der Waals surface area (Å²) in [5.41, 5.74) is 8.25. The van der Waals surface area contributed by atoms with E-state index in [9.17, 15) is 4.39 Å². The third-order valence-electron chi connectivity index (χ3n) is 2.28. The maximum absolute atomic E-state index is 14.0. The van der Waals surface area contributed by atoms with E-state index in [1.165, 1.54) is 20.0 Å². The average molecular weight is 253 g/mol. The van der Waals surface area contributed by atoms with Crippen molar-refractivity contribution in [3.05, 3.63) is 42.2 Å². The Labute approximate surface area is 109 Å². The number of benzene rings is 1. The summed E-state index contributed by atoms with van der Waals surface area (Å²) in [7, 11) is 1.75. The minimum atomic E-state index is -1.39. The number of alkyl halides is 1. The van der Waals surface area contributed by atoms with E-state index in [2.05, 4.69) is 5.43 Å². The van der Waals surface area contributed by atoms with Gasteiger partial charge in [-0.1, -0.05) is 32.0 Å². The summed E-state index contributed by atoms with van der Waals surface area (Å²) >= 11 is 0. The Hall–Kier alpha value is -1.55. The van der Waals surface area contributed by atoms with E-state index >= 15 is 0 Å². The molecule has 0 unspecified atom stereocenters. The molecule has 0 aromatic heterocycles. The van der Waals surface area contributed by atoms with Gasteiger partial charge in [-0.3, -0.25) is 5.01 Å². The molecule has 0 aliphatic rings. The predicted molar refractivity (Wildman–Crippen MR) is 76.8 cm³/mol. The molecule has 0 radical (unpaired) electrons. The molecule has 0 saturated carbocycles. The van der Waals surface area contributed by atoms with Crippen LogP contribution in [0.5, 0.6) is 0 Å². The Morgan fingerprint density at radius 1 is 1.28 bits per heavy atom. The second-order valence-electron chi connectivity index (χ2n) is 3.92. The minimum Gasteiger partial charge on any atom is -0.403 e. The molecule has 3 nitrogen and oxygen atoms in total. The highest BCUT2D eigenvalue weighted by Gasteiger charge is 2.23. The predicted octanol–water partition coefficient (Wildman–Crippen LogP) is 3.29. The molecule has 0 bridgehead atoms. The lowest BCUT2D eigenvalue weighted by Gasteiger charge is -2.26. The highest BCUT2D eigenvalue weighted by atomic mass is 19.1. The molecule has 3 N–H and O–H groups in total. The summed E-state index contributed by atoms with van der Waals surface area (Å²) in [4.78, 5) is 0. The molecule has 0 saturated heterocycles. The van der Waals surface area contributed by atoms with Crippen LogP contribution < -0.4 is 16.2 Å². The molecule has 0 atom stereocenters. The molecule has 4 heteroatoms. The van der Waals surface area contributed by atoms with E-state index in [1.54, 1.807) is 24.3 Å². The number of rotatable bonds is 4. The summed E-state index contributed by atoms with van der Waals surface area (Å²) in [6.45, 7) is 7.07. The molecule has 0 aliphatic heterocycles. The van der Waals surface area contributed by atoms with Crippen LogP contribution in [0.4, 0.5) is 10.1 Å². The van der Waals surface area contributed by atoms with Crippen molar-refractivity contribution in [2.45, 2.75) is 33.4 Å². The van der Waals surface area contributed by atoms with E-state index < -0.39 is 5.67 Å². The zero-order valence-electron chi connectivity index (χ0n) is 11.9. The zero-order valence-corrected chi connectivity index (χ0v) is 11.9. The Bertz CT molecular complexity index is 370. The monoisotopic (exact) mass is 253 g/mol. The lowest BCUT2D eigenvalue weighted by Crippen LogP contribution is -2.32. The maximum Gasteiger partial charge on any atom is 0.132 e. The van der Waals surface area contributed by atoms with Crippen molar-refractivity contribution in [2.24, 2.45) is 5.73 Å². The highest BCUT2D eigenvalue weighted by molar-refractivity contribution is 5.56. The molecule has 0 aliphatic carbocycles. The van der Waals surface area contributed by atoms with Gasteiger partial charge in [-0.25, -0.2) is 9.82 Å². The normalized spacial score (nSPS) is 11.0. The molecule has 1 rings (SSSR count). The number of anilines is 1. The van der Waals surface area contributed by atoms with Crippen LogP contribution in [-0.4, -0.2) is 7.05 Å². The number of nitrogens with zero attached hydrogens (tertiary/aromatic N) is 1. The van der Waals surface area contributed by atoms with Crippen molar-refractivity contribution >= 4 is 5.69 Å². The van der Waals surface area contributed by atoms with Crippen LogP contribution in [0.3, 0.4) is 0 Å². The number of hydrogen-bond donors (Lipinski definition) is 2. The molecular weight excluding hydrogens is 229 g/mol. The summed E-state index contributed by atoms with van der Waals surface area (Å²) in [5, 5.41) is 1.68. The van der Waals surface area contributed by atoms with E-state index in [4.69, 9.17) is 5.73 Å². The lowest BCUT2D eigenvalue weighted by atomic mass is 9.98. The van der Waals surface area contributed by atoms with Crippen molar-refractivity contribution in [1.82, 2.24) is 5.43 Å². The molecule has 18 heavy (non-hydrogen) atoms. The smallest absolute Gasteiger partial charge is 0.132 e. The number of nitrogens with one attached hydrogen (secondary N) is 1. The van der Waals surface area contributed by atoms with Gasteiger partial charge in [-0.2, -0.15) is 0 Å². The molecule has 102 valence electrons. The third kappa shape index (κ3) is 4.37. The topological polar surface area (TPSA) is 41.3 Å². The van der Waals surface area contributed by atoms with Gasteiger partial charge in [0.25, 0.3) is 0 Å². The van der Waals surface area contributed by atoms with Crippen molar-refractivity contribution in [2.75, 3.05) is 12.1 Å². The fourth-order valence-electron chi connectivity index (χ4n) is 1.55. The van der Waals surface area contributed by atoms with Crippen molar-refractivity contribution in [3.63, 3.8) is 0 Å². The first kappa shape index (κ1) is 16.4. The van der Waals surface area contributed by atoms with Gasteiger partial charge in [0.05, 0.1) is 5.69 Å². The second kappa shape index (κ2) is 7.71. The molecule has 0 amide bonds. The van der Waals surface area contributed by atoms with E-state index in [0.717, 1.165) is 5.69 Å². The van der Waals surface area contributed by atoms with Gasteiger partial charge in [-0.05, 0) is 19.9 Å².